The third kappa shape index (κ3) is 5.45. The predicted molar refractivity (Wildman–Crippen MR) is 147 cm³/mol. The number of methoxy groups -OCH3 is 1. The first-order valence-corrected chi connectivity index (χ1v) is 13.3. The maximum atomic E-state index is 13.5. The standard InChI is InChI=1S/C31H32N2O7/c1-19(2)10-13-38-23-6-4-21(16-25(23)37-3)28-27(29(34)22-5-7-24-26(17-22)40-15-14-39-24)30(35)31(36)33(28)18-20-8-11-32-12-9-20/h4-9,11-12,16-17,19,28,34H,10,13-15,18H2,1-3H3. The molecule has 1 atom stereocenters. The van der Waals surface area contributed by atoms with E-state index in [1.165, 1.54) is 12.0 Å². The van der Waals surface area contributed by atoms with Crippen LogP contribution in [0.15, 0.2) is 66.5 Å². The average Bonchev–Trinajstić information content (AvgIpc) is 3.22. The molecule has 0 bridgehead atoms. The Morgan fingerprint density at radius 3 is 2.50 bits per heavy atom. The van der Waals surface area contributed by atoms with Gasteiger partial charge in [-0.25, -0.2) is 0 Å². The maximum Gasteiger partial charge on any atom is 0.295 e. The lowest BCUT2D eigenvalue weighted by Crippen LogP contribution is -2.29. The number of benzene rings is 2. The quantitative estimate of drug-likeness (QED) is 0.230. The summed E-state index contributed by atoms with van der Waals surface area (Å²) in [6.07, 6.45) is 4.14. The van der Waals surface area contributed by atoms with Gasteiger partial charge in [-0.2, -0.15) is 0 Å². The van der Waals surface area contributed by atoms with Crippen LogP contribution in [0.2, 0.25) is 0 Å². The number of amides is 1. The smallest absolute Gasteiger partial charge is 0.295 e. The molecule has 1 N–H and O–H groups in total. The molecule has 2 aromatic carbocycles. The summed E-state index contributed by atoms with van der Waals surface area (Å²) in [6, 6.07) is 12.9. The Labute approximate surface area is 233 Å². The van der Waals surface area contributed by atoms with Crippen molar-refractivity contribution in [3.05, 3.63) is 83.2 Å². The van der Waals surface area contributed by atoms with E-state index >= 15 is 0 Å². The number of aliphatic hydroxyl groups is 1. The molecule has 2 aliphatic heterocycles. The van der Waals surface area contributed by atoms with Crippen LogP contribution in [0.5, 0.6) is 23.0 Å². The van der Waals surface area contributed by atoms with Crippen LogP contribution in [-0.2, 0) is 16.1 Å². The summed E-state index contributed by atoms with van der Waals surface area (Å²) in [5.74, 6) is 0.741. The molecule has 208 valence electrons. The first-order chi connectivity index (χ1) is 19.4. The highest BCUT2D eigenvalue weighted by atomic mass is 16.6. The van der Waals surface area contributed by atoms with Crippen LogP contribution < -0.4 is 18.9 Å². The minimum atomic E-state index is -0.875. The number of ketones is 1. The number of carbonyl (C=O) groups excluding carboxylic acids is 2. The van der Waals surface area contributed by atoms with Crippen molar-refractivity contribution in [2.45, 2.75) is 32.9 Å². The highest BCUT2D eigenvalue weighted by Gasteiger charge is 2.46. The van der Waals surface area contributed by atoms with Gasteiger partial charge in [0.2, 0.25) is 0 Å². The number of carbonyl (C=O) groups is 2. The average molecular weight is 545 g/mol. The highest BCUT2D eigenvalue weighted by molar-refractivity contribution is 6.46. The number of pyridine rings is 1. The topological polar surface area (TPSA) is 107 Å². The van der Waals surface area contributed by atoms with Crippen molar-refractivity contribution in [1.29, 1.82) is 0 Å². The molecule has 0 spiro atoms. The molecule has 1 saturated heterocycles. The minimum Gasteiger partial charge on any atom is -0.507 e. The lowest BCUT2D eigenvalue weighted by atomic mass is 9.94. The van der Waals surface area contributed by atoms with Gasteiger partial charge in [-0.3, -0.25) is 14.6 Å². The Balaban J connectivity index is 1.59. The van der Waals surface area contributed by atoms with E-state index in [2.05, 4.69) is 18.8 Å². The van der Waals surface area contributed by atoms with Crippen LogP contribution in [0, 0.1) is 5.92 Å². The Hall–Kier alpha value is -4.53. The third-order valence-electron chi connectivity index (χ3n) is 6.91. The summed E-state index contributed by atoms with van der Waals surface area (Å²) in [5, 5.41) is 11.5. The fourth-order valence-corrected chi connectivity index (χ4v) is 4.80. The number of ether oxygens (including phenoxy) is 4. The van der Waals surface area contributed by atoms with Crippen LogP contribution in [-0.4, -0.2) is 53.6 Å². The minimum absolute atomic E-state index is 0.0220. The van der Waals surface area contributed by atoms with Gasteiger partial charge in [0.05, 0.1) is 25.3 Å². The number of likely N-dealkylation sites (tertiary alicyclic amines) is 1. The highest BCUT2D eigenvalue weighted by Crippen LogP contribution is 2.43. The molecule has 9 nitrogen and oxygen atoms in total. The molecule has 3 aromatic rings. The second-order valence-electron chi connectivity index (χ2n) is 10.1. The van der Waals surface area contributed by atoms with E-state index in [4.69, 9.17) is 18.9 Å². The molecule has 5 rings (SSSR count). The number of aliphatic hydroxyl groups excluding tert-OH is 1. The number of rotatable bonds is 9. The molecule has 9 heteroatoms. The summed E-state index contributed by atoms with van der Waals surface area (Å²) < 4.78 is 22.8. The van der Waals surface area contributed by atoms with Crippen LogP contribution >= 0.6 is 0 Å². The van der Waals surface area contributed by atoms with Crippen molar-refractivity contribution in [3.8, 4) is 23.0 Å². The molecule has 2 aliphatic rings. The van der Waals surface area contributed by atoms with Crippen LogP contribution in [0.25, 0.3) is 5.76 Å². The summed E-state index contributed by atoms with van der Waals surface area (Å²) in [6.45, 7) is 5.72. The zero-order chi connectivity index (χ0) is 28.2. The van der Waals surface area contributed by atoms with Gasteiger partial charge in [0.25, 0.3) is 11.7 Å². The van der Waals surface area contributed by atoms with Crippen molar-refractivity contribution in [2.24, 2.45) is 5.92 Å². The van der Waals surface area contributed by atoms with Gasteiger partial charge >= 0.3 is 0 Å². The van der Waals surface area contributed by atoms with Crippen molar-refractivity contribution in [1.82, 2.24) is 9.88 Å². The van der Waals surface area contributed by atoms with Gasteiger partial charge < -0.3 is 29.0 Å². The third-order valence-corrected chi connectivity index (χ3v) is 6.91. The van der Waals surface area contributed by atoms with Gasteiger partial charge in [0, 0.05) is 24.5 Å². The maximum absolute atomic E-state index is 13.5. The second kappa shape index (κ2) is 11.7. The van der Waals surface area contributed by atoms with Crippen molar-refractivity contribution in [3.63, 3.8) is 0 Å². The second-order valence-corrected chi connectivity index (χ2v) is 10.1. The zero-order valence-electron chi connectivity index (χ0n) is 22.8. The Kier molecular flexibility index (Phi) is 7.91. The van der Waals surface area contributed by atoms with Crippen molar-refractivity contribution in [2.75, 3.05) is 26.9 Å². The lowest BCUT2D eigenvalue weighted by molar-refractivity contribution is -0.140. The Morgan fingerprint density at radius 2 is 1.77 bits per heavy atom. The van der Waals surface area contributed by atoms with Crippen molar-refractivity contribution < 1.29 is 33.6 Å². The van der Waals surface area contributed by atoms with Gasteiger partial charge in [-0.05, 0) is 65.9 Å². The van der Waals surface area contributed by atoms with Crippen molar-refractivity contribution >= 4 is 17.4 Å². The molecule has 1 amide bonds. The molecule has 0 radical (unpaired) electrons. The first kappa shape index (κ1) is 27.1. The van der Waals surface area contributed by atoms with E-state index in [-0.39, 0.29) is 17.9 Å². The predicted octanol–water partition coefficient (Wildman–Crippen LogP) is 4.91. The van der Waals surface area contributed by atoms with E-state index in [1.54, 1.807) is 60.9 Å². The number of Topliss-reactive ketones (excluding diaryl/α,β-unsaturated/α-hetero) is 1. The summed E-state index contributed by atoms with van der Waals surface area (Å²) in [5.41, 5.74) is 1.71. The van der Waals surface area contributed by atoms with Gasteiger partial charge in [-0.15, -0.1) is 0 Å². The summed E-state index contributed by atoms with van der Waals surface area (Å²) >= 11 is 0. The van der Waals surface area contributed by atoms with Gasteiger partial charge in [0.15, 0.2) is 23.0 Å². The van der Waals surface area contributed by atoms with E-state index in [1.807, 2.05) is 0 Å². The molecular formula is C31H32N2O7. The molecule has 40 heavy (non-hydrogen) atoms. The monoisotopic (exact) mass is 544 g/mol. The number of aromatic nitrogens is 1. The van der Waals surface area contributed by atoms with Crippen LogP contribution in [0.4, 0.5) is 0 Å². The molecule has 1 fully saturated rings. The number of hydrogen-bond donors (Lipinski definition) is 1. The molecule has 0 saturated carbocycles. The zero-order valence-corrected chi connectivity index (χ0v) is 22.8. The van der Waals surface area contributed by atoms with E-state index in [0.717, 1.165) is 12.0 Å². The lowest BCUT2D eigenvalue weighted by Gasteiger charge is -2.26. The SMILES string of the molecule is COc1cc(C2C(=C(O)c3ccc4c(c3)OCCO4)C(=O)C(=O)N2Cc2ccncc2)ccc1OCCC(C)C. The van der Waals surface area contributed by atoms with E-state index in [9.17, 15) is 14.7 Å². The van der Waals surface area contributed by atoms with E-state index in [0.29, 0.717) is 59.9 Å². The first-order valence-electron chi connectivity index (χ1n) is 13.3. The largest absolute Gasteiger partial charge is 0.507 e. The number of hydrogen-bond acceptors (Lipinski definition) is 8. The normalized spacial score (nSPS) is 17.8. The summed E-state index contributed by atoms with van der Waals surface area (Å²) in [7, 11) is 1.54. The Bertz CT molecular complexity index is 1430. The Morgan fingerprint density at radius 1 is 1.02 bits per heavy atom. The molecule has 1 unspecified atom stereocenters. The fraction of sp³-hybridized carbons (Fsp3) is 0.323. The van der Waals surface area contributed by atoms with Crippen LogP contribution in [0.3, 0.4) is 0 Å². The molecule has 1 aromatic heterocycles. The number of fused-ring (bicyclic) bond motifs is 1. The number of nitrogens with zero attached hydrogens (tertiary/aromatic N) is 2. The fourth-order valence-electron chi connectivity index (χ4n) is 4.80. The molecule has 3 heterocycles. The van der Waals surface area contributed by atoms with Gasteiger partial charge in [0.1, 0.15) is 19.0 Å². The van der Waals surface area contributed by atoms with Gasteiger partial charge in [-0.1, -0.05) is 19.9 Å². The van der Waals surface area contributed by atoms with Crippen LogP contribution in [0.1, 0.15) is 43.0 Å². The van der Waals surface area contributed by atoms with E-state index < -0.39 is 17.7 Å². The summed E-state index contributed by atoms with van der Waals surface area (Å²) in [4.78, 5) is 32.4. The molecular weight excluding hydrogens is 512 g/mol. The molecule has 0 aliphatic carbocycles.